The van der Waals surface area contributed by atoms with E-state index >= 15 is 0 Å². The van der Waals surface area contributed by atoms with E-state index in [0.29, 0.717) is 5.01 Å². The number of carbonyl (C=O) groups excluding carboxylic acids is 4. The molecule has 1 aromatic heterocycles. The Labute approximate surface area is 146 Å². The predicted octanol–water partition coefficient (Wildman–Crippen LogP) is 0.932. The van der Waals surface area contributed by atoms with Crippen LogP contribution in [0.5, 0.6) is 0 Å². The van der Waals surface area contributed by atoms with Crippen molar-refractivity contribution < 1.29 is 19.2 Å². The number of hydrogen-bond donors (Lipinski definition) is 2. The van der Waals surface area contributed by atoms with Crippen molar-refractivity contribution in [1.82, 2.24) is 15.2 Å². The molecule has 0 fully saturated rings. The molecule has 0 atom stereocenters. The van der Waals surface area contributed by atoms with Crippen LogP contribution in [0.3, 0.4) is 0 Å². The molecule has 3 rings (SSSR count). The summed E-state index contributed by atoms with van der Waals surface area (Å²) in [6.07, 6.45) is 0. The Kier molecular flexibility index (Phi) is 4.32. The van der Waals surface area contributed by atoms with Crippen LogP contribution in [0, 0.1) is 6.92 Å². The summed E-state index contributed by atoms with van der Waals surface area (Å²) in [5, 5.41) is 7.43. The van der Waals surface area contributed by atoms with Crippen LogP contribution in [0.2, 0.25) is 0 Å². The molecule has 8 nitrogen and oxygen atoms in total. The summed E-state index contributed by atoms with van der Waals surface area (Å²) < 4.78 is 0. The Morgan fingerprint density at radius 3 is 2.56 bits per heavy atom. The number of rotatable bonds is 3. The number of anilines is 1. The number of benzene rings is 1. The molecule has 0 bridgehead atoms. The molecule has 128 valence electrons. The molecule has 1 aliphatic heterocycles. The standard InChI is InChI=1S/C16H14N4O4S/c1-8-7-25-12(18-8)6-17-13(21)14(22)19-9-3-4-10-11(5-9)16(24)20(2)15(10)23/h3-5,7H,6H2,1-2H3,(H,17,21)(H,19,22). The van der Waals surface area contributed by atoms with Crippen LogP contribution >= 0.6 is 11.3 Å². The Hall–Kier alpha value is -3.07. The molecule has 1 aromatic carbocycles. The third-order valence-corrected chi connectivity index (χ3v) is 4.59. The molecule has 9 heteroatoms. The van der Waals surface area contributed by atoms with E-state index in [0.717, 1.165) is 10.6 Å². The summed E-state index contributed by atoms with van der Waals surface area (Å²) in [6, 6.07) is 4.30. The van der Waals surface area contributed by atoms with Gasteiger partial charge in [0.1, 0.15) is 5.01 Å². The molecule has 2 aromatic rings. The van der Waals surface area contributed by atoms with Crippen molar-refractivity contribution in [3.8, 4) is 0 Å². The van der Waals surface area contributed by atoms with Crippen LogP contribution in [-0.2, 0) is 16.1 Å². The van der Waals surface area contributed by atoms with Gasteiger partial charge in [0.2, 0.25) is 0 Å². The van der Waals surface area contributed by atoms with Crippen LogP contribution in [0.25, 0.3) is 0 Å². The second kappa shape index (κ2) is 6.44. The van der Waals surface area contributed by atoms with Gasteiger partial charge in [0.25, 0.3) is 11.8 Å². The Morgan fingerprint density at radius 1 is 1.16 bits per heavy atom. The first-order valence-electron chi connectivity index (χ1n) is 7.33. The molecule has 0 aliphatic carbocycles. The summed E-state index contributed by atoms with van der Waals surface area (Å²) in [7, 11) is 1.39. The average molecular weight is 358 g/mol. The van der Waals surface area contributed by atoms with Gasteiger partial charge in [-0.15, -0.1) is 11.3 Å². The molecule has 0 spiro atoms. The number of thiazole rings is 1. The Balaban J connectivity index is 1.64. The average Bonchev–Trinajstić information content (AvgIpc) is 3.10. The van der Waals surface area contributed by atoms with Gasteiger partial charge in [0, 0.05) is 23.8 Å². The number of nitrogens with zero attached hydrogens (tertiary/aromatic N) is 2. The topological polar surface area (TPSA) is 108 Å². The highest BCUT2D eigenvalue weighted by Crippen LogP contribution is 2.24. The molecule has 2 N–H and O–H groups in total. The molecule has 0 saturated heterocycles. The third-order valence-electron chi connectivity index (χ3n) is 3.62. The molecule has 25 heavy (non-hydrogen) atoms. The monoisotopic (exact) mass is 358 g/mol. The van der Waals surface area contributed by atoms with Crippen molar-refractivity contribution in [3.05, 3.63) is 45.4 Å². The first-order valence-corrected chi connectivity index (χ1v) is 8.21. The summed E-state index contributed by atoms with van der Waals surface area (Å²) in [5.41, 5.74) is 1.58. The molecule has 1 aliphatic rings. The maximum absolute atomic E-state index is 11.9. The Bertz CT molecular complexity index is 905. The number of fused-ring (bicyclic) bond motifs is 1. The summed E-state index contributed by atoms with van der Waals surface area (Å²) >= 11 is 1.39. The van der Waals surface area contributed by atoms with E-state index in [4.69, 9.17) is 0 Å². The van der Waals surface area contributed by atoms with Crippen molar-refractivity contribution in [3.63, 3.8) is 0 Å². The van der Waals surface area contributed by atoms with Gasteiger partial charge in [-0.1, -0.05) is 0 Å². The number of nitrogens with one attached hydrogen (secondary N) is 2. The molecule has 0 saturated carbocycles. The first-order chi connectivity index (χ1) is 11.9. The predicted molar refractivity (Wildman–Crippen MR) is 90.2 cm³/mol. The van der Waals surface area contributed by atoms with E-state index in [9.17, 15) is 19.2 Å². The number of aryl methyl sites for hydroxylation is 1. The van der Waals surface area contributed by atoms with Crippen molar-refractivity contribution in [2.24, 2.45) is 0 Å². The van der Waals surface area contributed by atoms with Gasteiger partial charge in [-0.05, 0) is 25.1 Å². The highest BCUT2D eigenvalue weighted by Gasteiger charge is 2.32. The second-order valence-electron chi connectivity index (χ2n) is 5.45. The highest BCUT2D eigenvalue weighted by molar-refractivity contribution is 7.09. The van der Waals surface area contributed by atoms with Crippen LogP contribution in [0.1, 0.15) is 31.4 Å². The maximum Gasteiger partial charge on any atom is 0.313 e. The van der Waals surface area contributed by atoms with Gasteiger partial charge in [-0.2, -0.15) is 0 Å². The number of aromatic nitrogens is 1. The summed E-state index contributed by atoms with van der Waals surface area (Å²) in [6.45, 7) is 2.00. The third kappa shape index (κ3) is 3.26. The second-order valence-corrected chi connectivity index (χ2v) is 6.39. The van der Waals surface area contributed by atoms with Crippen LogP contribution in [0.4, 0.5) is 5.69 Å². The number of carbonyl (C=O) groups is 4. The van der Waals surface area contributed by atoms with Crippen LogP contribution < -0.4 is 10.6 Å². The lowest BCUT2D eigenvalue weighted by Crippen LogP contribution is -2.35. The smallest absolute Gasteiger partial charge is 0.313 e. The number of imide groups is 1. The fourth-order valence-electron chi connectivity index (χ4n) is 2.35. The zero-order valence-corrected chi connectivity index (χ0v) is 14.3. The fraction of sp³-hybridized carbons (Fsp3) is 0.188. The van der Waals surface area contributed by atoms with Gasteiger partial charge in [-0.25, -0.2) is 4.98 Å². The van der Waals surface area contributed by atoms with E-state index in [2.05, 4.69) is 15.6 Å². The molecular weight excluding hydrogens is 344 g/mol. The van der Waals surface area contributed by atoms with Crippen LogP contribution in [0.15, 0.2) is 23.6 Å². The minimum absolute atomic E-state index is 0.159. The lowest BCUT2D eigenvalue weighted by atomic mass is 10.1. The summed E-state index contributed by atoms with van der Waals surface area (Å²) in [4.78, 5) is 52.8. The van der Waals surface area contributed by atoms with E-state index < -0.39 is 23.6 Å². The molecule has 2 heterocycles. The van der Waals surface area contributed by atoms with Crippen LogP contribution in [-0.4, -0.2) is 40.6 Å². The van der Waals surface area contributed by atoms with Gasteiger partial charge in [0.05, 0.1) is 17.7 Å². The molecule has 0 radical (unpaired) electrons. The van der Waals surface area contributed by atoms with Gasteiger partial charge in [0.15, 0.2) is 0 Å². The summed E-state index contributed by atoms with van der Waals surface area (Å²) in [5.74, 6) is -2.51. The van der Waals surface area contributed by atoms with Gasteiger partial charge < -0.3 is 10.6 Å². The SMILES string of the molecule is Cc1csc(CNC(=O)C(=O)Nc2ccc3c(c2)C(=O)N(C)C3=O)n1. The lowest BCUT2D eigenvalue weighted by Gasteiger charge is -2.06. The minimum atomic E-state index is -0.863. The van der Waals surface area contributed by atoms with Gasteiger partial charge >= 0.3 is 11.8 Å². The molecule has 0 unspecified atom stereocenters. The number of amides is 4. The van der Waals surface area contributed by atoms with Crippen molar-refractivity contribution in [1.29, 1.82) is 0 Å². The zero-order valence-electron chi connectivity index (χ0n) is 13.5. The maximum atomic E-state index is 11.9. The fourth-order valence-corrected chi connectivity index (χ4v) is 3.06. The van der Waals surface area contributed by atoms with E-state index in [-0.39, 0.29) is 23.4 Å². The van der Waals surface area contributed by atoms with Crippen molar-refractivity contribution >= 4 is 40.7 Å². The zero-order chi connectivity index (χ0) is 18.1. The molecule has 4 amide bonds. The quantitative estimate of drug-likeness (QED) is 0.627. The van der Waals surface area contributed by atoms with Crippen molar-refractivity contribution in [2.45, 2.75) is 13.5 Å². The first kappa shape index (κ1) is 16.8. The lowest BCUT2D eigenvalue weighted by molar-refractivity contribution is -0.136. The highest BCUT2D eigenvalue weighted by atomic mass is 32.1. The normalized spacial score (nSPS) is 13.0. The van der Waals surface area contributed by atoms with Gasteiger partial charge in [-0.3, -0.25) is 24.1 Å². The number of hydrogen-bond acceptors (Lipinski definition) is 6. The molecular formula is C16H14N4O4S. The Morgan fingerprint density at radius 2 is 1.88 bits per heavy atom. The van der Waals surface area contributed by atoms with E-state index in [1.165, 1.54) is 36.6 Å². The van der Waals surface area contributed by atoms with Crippen molar-refractivity contribution in [2.75, 3.05) is 12.4 Å². The minimum Gasteiger partial charge on any atom is -0.341 e. The van der Waals surface area contributed by atoms with E-state index in [1.807, 2.05) is 12.3 Å². The van der Waals surface area contributed by atoms with E-state index in [1.54, 1.807) is 0 Å². The largest absolute Gasteiger partial charge is 0.341 e.